The second-order valence-corrected chi connectivity index (χ2v) is 3.95. The summed E-state index contributed by atoms with van der Waals surface area (Å²) in [4.78, 5) is 43.2. The van der Waals surface area contributed by atoms with Crippen molar-refractivity contribution >= 4 is 23.8 Å². The van der Waals surface area contributed by atoms with E-state index in [9.17, 15) is 19.2 Å². The summed E-state index contributed by atoms with van der Waals surface area (Å²) in [5.41, 5.74) is 10.1. The number of aliphatic carboxylic acids is 2. The van der Waals surface area contributed by atoms with E-state index < -0.39 is 35.8 Å². The van der Waals surface area contributed by atoms with Crippen LogP contribution in [0.2, 0.25) is 0 Å². The molecule has 0 aromatic carbocycles. The Labute approximate surface area is 108 Å². The molecular formula is C10H17N3O6. The summed E-state index contributed by atoms with van der Waals surface area (Å²) in [6, 6.07) is -2.42. The highest BCUT2D eigenvalue weighted by Gasteiger charge is 2.21. The molecule has 0 radical (unpaired) electrons. The number of primary amides is 1. The van der Waals surface area contributed by atoms with Gasteiger partial charge in [0.15, 0.2) is 0 Å². The van der Waals surface area contributed by atoms with E-state index >= 15 is 0 Å². The number of rotatable bonds is 9. The first kappa shape index (κ1) is 16.8. The third-order valence-corrected chi connectivity index (χ3v) is 2.31. The number of carbonyl (C=O) groups is 4. The van der Waals surface area contributed by atoms with Crippen LogP contribution in [0.15, 0.2) is 0 Å². The maximum Gasteiger partial charge on any atom is 0.326 e. The van der Waals surface area contributed by atoms with Gasteiger partial charge in [0.2, 0.25) is 11.8 Å². The van der Waals surface area contributed by atoms with Gasteiger partial charge in [-0.2, -0.15) is 0 Å². The average Bonchev–Trinajstić information content (AvgIpc) is 2.30. The van der Waals surface area contributed by atoms with Crippen molar-refractivity contribution in [1.82, 2.24) is 5.32 Å². The van der Waals surface area contributed by atoms with Gasteiger partial charge in [-0.25, -0.2) is 4.79 Å². The molecule has 0 aliphatic carbocycles. The Morgan fingerprint density at radius 1 is 1.00 bits per heavy atom. The highest BCUT2D eigenvalue weighted by molar-refractivity contribution is 5.84. The molecule has 108 valence electrons. The first-order valence-corrected chi connectivity index (χ1v) is 5.53. The Kier molecular flexibility index (Phi) is 7.12. The van der Waals surface area contributed by atoms with Gasteiger partial charge in [-0.3, -0.25) is 14.4 Å². The highest BCUT2D eigenvalue weighted by atomic mass is 16.4. The predicted octanol–water partition coefficient (Wildman–Crippen LogP) is -1.99. The molecule has 0 fully saturated rings. The molecular weight excluding hydrogens is 258 g/mol. The summed E-state index contributed by atoms with van der Waals surface area (Å²) in [6.07, 6.45) is -0.621. The molecule has 0 saturated carbocycles. The zero-order valence-electron chi connectivity index (χ0n) is 10.2. The normalized spacial score (nSPS) is 13.3. The number of nitrogens with one attached hydrogen (secondary N) is 1. The van der Waals surface area contributed by atoms with Gasteiger partial charge in [0, 0.05) is 12.8 Å². The molecule has 9 heteroatoms. The summed E-state index contributed by atoms with van der Waals surface area (Å²) >= 11 is 0. The smallest absolute Gasteiger partial charge is 0.326 e. The quantitative estimate of drug-likeness (QED) is 0.324. The monoisotopic (exact) mass is 275 g/mol. The predicted molar refractivity (Wildman–Crippen MR) is 62.8 cm³/mol. The van der Waals surface area contributed by atoms with Crippen molar-refractivity contribution in [2.24, 2.45) is 11.5 Å². The fourth-order valence-electron chi connectivity index (χ4n) is 1.22. The number of carboxylic acid groups (broad SMARTS) is 2. The molecule has 19 heavy (non-hydrogen) atoms. The average molecular weight is 275 g/mol. The summed E-state index contributed by atoms with van der Waals surface area (Å²) in [5.74, 6) is -3.85. The first-order valence-electron chi connectivity index (χ1n) is 5.53. The number of hydrogen-bond donors (Lipinski definition) is 5. The second-order valence-electron chi connectivity index (χ2n) is 3.95. The largest absolute Gasteiger partial charge is 0.480 e. The topological polar surface area (TPSA) is 173 Å². The minimum atomic E-state index is -1.29. The molecule has 0 rings (SSSR count). The van der Waals surface area contributed by atoms with E-state index in [4.69, 9.17) is 21.7 Å². The van der Waals surface area contributed by atoms with Crippen molar-refractivity contribution in [2.45, 2.75) is 37.8 Å². The molecule has 0 unspecified atom stereocenters. The van der Waals surface area contributed by atoms with Gasteiger partial charge in [-0.1, -0.05) is 0 Å². The molecule has 0 heterocycles. The van der Waals surface area contributed by atoms with Crippen molar-refractivity contribution in [3.05, 3.63) is 0 Å². The van der Waals surface area contributed by atoms with Gasteiger partial charge >= 0.3 is 11.9 Å². The Balaban J connectivity index is 4.20. The van der Waals surface area contributed by atoms with E-state index in [0.29, 0.717) is 0 Å². The number of carbonyl (C=O) groups excluding carboxylic acids is 2. The molecule has 0 bridgehead atoms. The molecule has 2 amide bonds. The van der Waals surface area contributed by atoms with E-state index in [1.54, 1.807) is 0 Å². The molecule has 0 spiro atoms. The van der Waals surface area contributed by atoms with Crippen LogP contribution in [0.25, 0.3) is 0 Å². The molecule has 0 aromatic rings. The van der Waals surface area contributed by atoms with Crippen LogP contribution in [0, 0.1) is 0 Å². The van der Waals surface area contributed by atoms with E-state index in [0.717, 1.165) is 0 Å². The van der Waals surface area contributed by atoms with Crippen LogP contribution in [0.5, 0.6) is 0 Å². The number of amides is 2. The van der Waals surface area contributed by atoms with Crippen LogP contribution in [0.1, 0.15) is 25.7 Å². The lowest BCUT2D eigenvalue weighted by Crippen LogP contribution is -2.42. The summed E-state index contributed by atoms with van der Waals surface area (Å²) < 4.78 is 0. The van der Waals surface area contributed by atoms with Crippen molar-refractivity contribution in [1.29, 1.82) is 0 Å². The van der Waals surface area contributed by atoms with Crippen molar-refractivity contribution in [2.75, 3.05) is 0 Å². The van der Waals surface area contributed by atoms with Crippen LogP contribution in [-0.4, -0.2) is 46.0 Å². The molecule has 7 N–H and O–H groups in total. The van der Waals surface area contributed by atoms with E-state index in [-0.39, 0.29) is 25.7 Å². The van der Waals surface area contributed by atoms with E-state index in [2.05, 4.69) is 5.32 Å². The van der Waals surface area contributed by atoms with Crippen LogP contribution < -0.4 is 16.8 Å². The zero-order valence-corrected chi connectivity index (χ0v) is 10.2. The highest BCUT2D eigenvalue weighted by Crippen LogP contribution is 2.00. The Bertz CT molecular complexity index is 370. The standard InChI is InChI=1S/C10H17N3O6/c11-5(9(16)17)1-4-8(15)13-6(10(18)19)2-3-7(12)14/h5-6H,1-4,11H2,(H2,12,14)(H,13,15)(H,16,17)(H,18,19)/t5-,6-/m1/s1. The molecule has 0 aromatic heterocycles. The maximum absolute atomic E-state index is 11.4. The van der Waals surface area contributed by atoms with Crippen LogP contribution in [-0.2, 0) is 19.2 Å². The molecule has 2 atom stereocenters. The lowest BCUT2D eigenvalue weighted by Gasteiger charge is -2.14. The number of carboxylic acids is 2. The summed E-state index contributed by atoms with van der Waals surface area (Å²) in [6.45, 7) is 0. The molecule has 0 aliphatic heterocycles. The first-order chi connectivity index (χ1) is 8.73. The van der Waals surface area contributed by atoms with Crippen molar-refractivity contribution in [3.8, 4) is 0 Å². The third-order valence-electron chi connectivity index (χ3n) is 2.31. The third kappa shape index (κ3) is 7.71. The molecule has 0 aliphatic rings. The Morgan fingerprint density at radius 3 is 2.00 bits per heavy atom. The molecule has 9 nitrogen and oxygen atoms in total. The fraction of sp³-hybridized carbons (Fsp3) is 0.600. The second kappa shape index (κ2) is 8.03. The lowest BCUT2D eigenvalue weighted by molar-refractivity contribution is -0.142. The van der Waals surface area contributed by atoms with Gasteiger partial charge in [0.1, 0.15) is 12.1 Å². The summed E-state index contributed by atoms with van der Waals surface area (Å²) in [5, 5.41) is 19.5. The Morgan fingerprint density at radius 2 is 1.58 bits per heavy atom. The van der Waals surface area contributed by atoms with Crippen molar-refractivity contribution < 1.29 is 29.4 Å². The Hall–Kier alpha value is -2.16. The minimum absolute atomic E-state index is 0.108. The fourth-order valence-corrected chi connectivity index (χ4v) is 1.22. The van der Waals surface area contributed by atoms with Gasteiger partial charge in [0.05, 0.1) is 0 Å². The number of hydrogen-bond acceptors (Lipinski definition) is 5. The zero-order chi connectivity index (χ0) is 15.0. The van der Waals surface area contributed by atoms with Crippen LogP contribution in [0.3, 0.4) is 0 Å². The number of nitrogens with two attached hydrogens (primary N) is 2. The van der Waals surface area contributed by atoms with Gasteiger partial charge in [-0.05, 0) is 12.8 Å². The van der Waals surface area contributed by atoms with Gasteiger partial charge in [0.25, 0.3) is 0 Å². The van der Waals surface area contributed by atoms with E-state index in [1.807, 2.05) is 0 Å². The van der Waals surface area contributed by atoms with E-state index in [1.165, 1.54) is 0 Å². The maximum atomic E-state index is 11.4. The van der Waals surface area contributed by atoms with Crippen molar-refractivity contribution in [3.63, 3.8) is 0 Å². The van der Waals surface area contributed by atoms with Gasteiger partial charge in [-0.15, -0.1) is 0 Å². The van der Waals surface area contributed by atoms with Crippen LogP contribution in [0.4, 0.5) is 0 Å². The lowest BCUT2D eigenvalue weighted by atomic mass is 10.1. The van der Waals surface area contributed by atoms with Gasteiger partial charge < -0.3 is 27.0 Å². The molecule has 0 saturated heterocycles. The van der Waals surface area contributed by atoms with Crippen LogP contribution >= 0.6 is 0 Å². The SMILES string of the molecule is NC(=O)CC[C@@H](NC(=O)CC[C@@H](N)C(=O)O)C(=O)O. The minimum Gasteiger partial charge on any atom is -0.480 e. The summed E-state index contributed by atoms with van der Waals surface area (Å²) in [7, 11) is 0.